The molecule has 1 N–H and O–H groups in total. The highest BCUT2D eigenvalue weighted by Crippen LogP contribution is 2.30. The quantitative estimate of drug-likeness (QED) is 0.923. The third kappa shape index (κ3) is 3.54. The number of nitrogens with zero attached hydrogens (tertiary/aromatic N) is 1. The van der Waals surface area contributed by atoms with E-state index in [-0.39, 0.29) is 16.0 Å². The van der Waals surface area contributed by atoms with E-state index in [1.807, 2.05) is 0 Å². The van der Waals surface area contributed by atoms with E-state index in [0.29, 0.717) is 24.5 Å². The van der Waals surface area contributed by atoms with E-state index in [1.165, 1.54) is 5.38 Å². The molecular weight excluding hydrogens is 286 g/mol. The molecule has 1 heterocycles. The minimum Gasteiger partial charge on any atom is -0.476 e. The second kappa shape index (κ2) is 5.58. The van der Waals surface area contributed by atoms with Crippen LogP contribution in [-0.2, 0) is 15.6 Å². The third-order valence-electron chi connectivity index (χ3n) is 3.48. The summed E-state index contributed by atoms with van der Waals surface area (Å²) in [7, 11) is -3.23. The van der Waals surface area contributed by atoms with Gasteiger partial charge in [0, 0.05) is 5.38 Å². The van der Waals surface area contributed by atoms with Crippen LogP contribution in [0.25, 0.3) is 0 Å². The molecule has 0 bridgehead atoms. The van der Waals surface area contributed by atoms with E-state index in [4.69, 9.17) is 5.11 Å². The number of rotatable bonds is 4. The zero-order valence-electron chi connectivity index (χ0n) is 10.7. The number of hydrogen-bond donors (Lipinski definition) is 1. The average molecular weight is 303 g/mol. The van der Waals surface area contributed by atoms with Gasteiger partial charge in [0.25, 0.3) is 0 Å². The van der Waals surface area contributed by atoms with Crippen LogP contribution in [0.4, 0.5) is 0 Å². The van der Waals surface area contributed by atoms with Crippen molar-refractivity contribution in [3.8, 4) is 0 Å². The first-order chi connectivity index (χ1) is 8.88. The Morgan fingerprint density at radius 1 is 1.53 bits per heavy atom. The molecule has 0 saturated heterocycles. The van der Waals surface area contributed by atoms with Crippen molar-refractivity contribution in [1.82, 2.24) is 4.98 Å². The van der Waals surface area contributed by atoms with Crippen LogP contribution in [-0.4, -0.2) is 29.7 Å². The molecule has 0 aliphatic heterocycles. The maximum atomic E-state index is 12.3. The largest absolute Gasteiger partial charge is 0.476 e. The molecule has 1 fully saturated rings. The van der Waals surface area contributed by atoms with Gasteiger partial charge in [-0.25, -0.2) is 18.2 Å². The Balaban J connectivity index is 2.09. The molecular formula is C12H17NO4S2. The molecule has 7 heteroatoms. The molecule has 1 aliphatic rings. The van der Waals surface area contributed by atoms with Crippen LogP contribution < -0.4 is 0 Å². The highest BCUT2D eigenvalue weighted by molar-refractivity contribution is 7.91. The SMILES string of the molecule is CC1CCCC(S(=O)(=O)Cc2csc(C(=O)O)n2)C1. The second-order valence-electron chi connectivity index (χ2n) is 5.15. The first-order valence-corrected chi connectivity index (χ1v) is 8.87. The lowest BCUT2D eigenvalue weighted by molar-refractivity contribution is 0.0696. The predicted octanol–water partition coefficient (Wildman–Crippen LogP) is 2.33. The Bertz CT molecular complexity index is 564. The minimum atomic E-state index is -3.23. The summed E-state index contributed by atoms with van der Waals surface area (Å²) in [5.74, 6) is -0.813. The normalized spacial score (nSPS) is 24.3. The van der Waals surface area contributed by atoms with Crippen LogP contribution >= 0.6 is 11.3 Å². The van der Waals surface area contributed by atoms with Crippen LogP contribution in [0, 0.1) is 5.92 Å². The molecule has 5 nitrogen and oxygen atoms in total. The summed E-state index contributed by atoms with van der Waals surface area (Å²) in [6.45, 7) is 2.08. The van der Waals surface area contributed by atoms with Crippen molar-refractivity contribution in [2.45, 2.75) is 43.6 Å². The van der Waals surface area contributed by atoms with Crippen LogP contribution in [0.5, 0.6) is 0 Å². The molecule has 0 amide bonds. The molecule has 106 valence electrons. The van der Waals surface area contributed by atoms with Crippen molar-refractivity contribution in [1.29, 1.82) is 0 Å². The molecule has 2 rings (SSSR count). The molecule has 0 radical (unpaired) electrons. The van der Waals surface area contributed by atoms with Gasteiger partial charge in [0.1, 0.15) is 0 Å². The first kappa shape index (κ1) is 14.5. The van der Waals surface area contributed by atoms with Crippen molar-refractivity contribution in [2.75, 3.05) is 0 Å². The van der Waals surface area contributed by atoms with Crippen LogP contribution in [0.1, 0.15) is 48.1 Å². The monoisotopic (exact) mass is 303 g/mol. The highest BCUT2D eigenvalue weighted by atomic mass is 32.2. The van der Waals surface area contributed by atoms with Gasteiger partial charge in [-0.2, -0.15) is 0 Å². The highest BCUT2D eigenvalue weighted by Gasteiger charge is 2.30. The van der Waals surface area contributed by atoms with E-state index < -0.39 is 15.8 Å². The fourth-order valence-corrected chi connectivity index (χ4v) is 5.20. The Morgan fingerprint density at radius 3 is 2.84 bits per heavy atom. The van der Waals surface area contributed by atoms with Crippen molar-refractivity contribution in [3.05, 3.63) is 16.1 Å². The van der Waals surface area contributed by atoms with Gasteiger partial charge in [0.05, 0.1) is 16.7 Å². The summed E-state index contributed by atoms with van der Waals surface area (Å²) in [6.07, 6.45) is 3.45. The Kier molecular flexibility index (Phi) is 4.25. The van der Waals surface area contributed by atoms with Crippen LogP contribution in [0.15, 0.2) is 5.38 Å². The van der Waals surface area contributed by atoms with Crippen molar-refractivity contribution in [2.24, 2.45) is 5.92 Å². The molecule has 1 saturated carbocycles. The Labute approximate surface area is 116 Å². The molecule has 0 spiro atoms. The summed E-state index contributed by atoms with van der Waals surface area (Å²) < 4.78 is 24.6. The Hall–Kier alpha value is -0.950. The van der Waals surface area contributed by atoms with Gasteiger partial charge in [-0.15, -0.1) is 11.3 Å². The van der Waals surface area contributed by atoms with Crippen LogP contribution in [0.2, 0.25) is 0 Å². The van der Waals surface area contributed by atoms with Gasteiger partial charge in [-0.1, -0.05) is 19.8 Å². The van der Waals surface area contributed by atoms with Gasteiger partial charge in [0.2, 0.25) is 5.01 Å². The number of carboxylic acids is 1. The van der Waals surface area contributed by atoms with E-state index in [0.717, 1.165) is 24.2 Å². The van der Waals surface area contributed by atoms with Crippen molar-refractivity contribution in [3.63, 3.8) is 0 Å². The number of carbonyl (C=O) groups is 1. The minimum absolute atomic E-state index is 0.0535. The number of aromatic carboxylic acids is 1. The fourth-order valence-electron chi connectivity index (χ4n) is 2.50. The first-order valence-electron chi connectivity index (χ1n) is 6.28. The fraction of sp³-hybridized carbons (Fsp3) is 0.667. The van der Waals surface area contributed by atoms with Gasteiger partial charge in [-0.3, -0.25) is 0 Å². The molecule has 1 aromatic heterocycles. The van der Waals surface area contributed by atoms with Crippen molar-refractivity contribution >= 4 is 27.1 Å². The molecule has 2 atom stereocenters. The number of carboxylic acid groups (broad SMARTS) is 1. The van der Waals surface area contributed by atoms with Gasteiger partial charge in [-0.05, 0) is 18.8 Å². The summed E-state index contributed by atoms with van der Waals surface area (Å²) in [5, 5.41) is 9.95. The second-order valence-corrected chi connectivity index (χ2v) is 8.29. The molecule has 2 unspecified atom stereocenters. The summed E-state index contributed by atoms with van der Waals surface area (Å²) in [5.41, 5.74) is 0.348. The van der Waals surface area contributed by atoms with E-state index in [1.54, 1.807) is 0 Å². The maximum absolute atomic E-state index is 12.3. The molecule has 1 aromatic rings. The van der Waals surface area contributed by atoms with Crippen LogP contribution in [0.3, 0.4) is 0 Å². The number of aromatic nitrogens is 1. The smallest absolute Gasteiger partial charge is 0.365 e. The van der Waals surface area contributed by atoms with E-state index in [9.17, 15) is 13.2 Å². The third-order valence-corrected chi connectivity index (χ3v) is 6.50. The van der Waals surface area contributed by atoms with Gasteiger partial charge >= 0.3 is 5.97 Å². The Morgan fingerprint density at radius 2 is 2.26 bits per heavy atom. The zero-order chi connectivity index (χ0) is 14.0. The lowest BCUT2D eigenvalue weighted by Gasteiger charge is -2.26. The molecule has 1 aliphatic carbocycles. The maximum Gasteiger partial charge on any atom is 0.365 e. The number of thiazole rings is 1. The number of hydrogen-bond acceptors (Lipinski definition) is 5. The summed E-state index contributed by atoms with van der Waals surface area (Å²) in [6, 6.07) is 0. The standard InChI is InChI=1S/C12H17NO4S2/c1-8-3-2-4-10(5-8)19(16,17)7-9-6-18-11(13-9)12(14)15/h6,8,10H,2-5,7H2,1H3,(H,14,15). The van der Waals surface area contributed by atoms with E-state index >= 15 is 0 Å². The predicted molar refractivity (Wildman–Crippen MR) is 73.1 cm³/mol. The topological polar surface area (TPSA) is 84.3 Å². The van der Waals surface area contributed by atoms with Crippen molar-refractivity contribution < 1.29 is 18.3 Å². The molecule has 19 heavy (non-hydrogen) atoms. The number of sulfone groups is 1. The lowest BCUT2D eigenvalue weighted by atomic mass is 9.91. The van der Waals surface area contributed by atoms with E-state index in [2.05, 4.69) is 11.9 Å². The lowest BCUT2D eigenvalue weighted by Crippen LogP contribution is -2.28. The molecule has 0 aromatic carbocycles. The summed E-state index contributed by atoms with van der Waals surface area (Å²) in [4.78, 5) is 14.6. The van der Waals surface area contributed by atoms with Gasteiger partial charge in [0.15, 0.2) is 9.84 Å². The zero-order valence-corrected chi connectivity index (χ0v) is 12.3. The van der Waals surface area contributed by atoms with Gasteiger partial charge < -0.3 is 5.11 Å². The average Bonchev–Trinajstić information content (AvgIpc) is 2.77. The summed E-state index contributed by atoms with van der Waals surface area (Å²) >= 11 is 0.970.